The van der Waals surface area contributed by atoms with Crippen molar-refractivity contribution in [2.75, 3.05) is 0 Å². The average Bonchev–Trinajstić information content (AvgIpc) is 2.41. The van der Waals surface area contributed by atoms with Gasteiger partial charge in [-0.25, -0.2) is 4.79 Å². The lowest BCUT2D eigenvalue weighted by Gasteiger charge is -2.06. The van der Waals surface area contributed by atoms with Crippen molar-refractivity contribution in [3.05, 3.63) is 59.2 Å². The largest absolute Gasteiger partial charge is 0.508 e. The Morgan fingerprint density at radius 2 is 1.80 bits per heavy atom. The monoisotopic (exact) mass is 290 g/mol. The third kappa shape index (κ3) is 3.24. The number of carboxylic acids is 1. The predicted octanol–water partition coefficient (Wildman–Crippen LogP) is 2.71. The summed E-state index contributed by atoms with van der Waals surface area (Å²) >= 11 is 0. The zero-order valence-corrected chi connectivity index (χ0v) is 11.7. The number of benzene rings is 2. The summed E-state index contributed by atoms with van der Waals surface area (Å²) in [6.45, 7) is 1.70. The predicted molar refractivity (Wildman–Crippen MR) is 76.4 cm³/mol. The summed E-state index contributed by atoms with van der Waals surface area (Å²) in [6, 6.07) is 11.2. The molecule has 0 aliphatic heterocycles. The molecule has 0 spiro atoms. The van der Waals surface area contributed by atoms with Gasteiger partial charge < -0.3 is 10.2 Å². The molecule has 2 aromatic carbocycles. The molecule has 2 N–H and O–H groups in total. The molecule has 0 bridgehead atoms. The van der Waals surface area contributed by atoms with Gasteiger partial charge in [-0.05, 0) is 42.3 Å². The maximum atomic E-state index is 12.2. The van der Waals surface area contributed by atoms with E-state index in [1.54, 1.807) is 31.2 Å². The first-order valence-corrected chi connectivity index (χ1v) is 7.29. The van der Waals surface area contributed by atoms with E-state index in [4.69, 9.17) is 5.11 Å². The molecule has 4 nitrogen and oxygen atoms in total. The Labute approximate surface area is 119 Å². The molecule has 0 saturated heterocycles. The first-order valence-electron chi connectivity index (χ1n) is 5.97. The minimum Gasteiger partial charge on any atom is -0.508 e. The van der Waals surface area contributed by atoms with Crippen molar-refractivity contribution in [3.8, 4) is 5.75 Å². The number of aryl methyl sites for hydroxylation is 1. The SMILES string of the molecule is Cc1ccc(S(=O)Cc2ccc(O)cc2)cc1C(=O)O. The fraction of sp³-hybridized carbons (Fsp3) is 0.133. The lowest BCUT2D eigenvalue weighted by molar-refractivity contribution is 0.0696. The Balaban J connectivity index is 2.23. The fourth-order valence-corrected chi connectivity index (χ4v) is 2.93. The highest BCUT2D eigenvalue weighted by atomic mass is 32.2. The molecule has 0 aromatic heterocycles. The number of carbonyl (C=O) groups is 1. The highest BCUT2D eigenvalue weighted by Gasteiger charge is 2.12. The van der Waals surface area contributed by atoms with E-state index in [9.17, 15) is 14.1 Å². The highest BCUT2D eigenvalue weighted by molar-refractivity contribution is 7.84. The number of hydrogen-bond donors (Lipinski definition) is 2. The third-order valence-electron chi connectivity index (χ3n) is 2.94. The van der Waals surface area contributed by atoms with E-state index in [0.29, 0.717) is 10.5 Å². The van der Waals surface area contributed by atoms with Crippen molar-refractivity contribution >= 4 is 16.8 Å². The number of phenols is 1. The van der Waals surface area contributed by atoms with E-state index in [1.807, 2.05) is 0 Å². The van der Waals surface area contributed by atoms with E-state index in [0.717, 1.165) is 5.56 Å². The molecule has 0 saturated carbocycles. The molecule has 0 radical (unpaired) electrons. The van der Waals surface area contributed by atoms with Crippen LogP contribution in [0.3, 0.4) is 0 Å². The molecule has 1 unspecified atom stereocenters. The number of aromatic carboxylic acids is 1. The number of phenolic OH excluding ortho intramolecular Hbond substituents is 1. The van der Waals surface area contributed by atoms with Gasteiger partial charge in [0, 0.05) is 4.90 Å². The summed E-state index contributed by atoms with van der Waals surface area (Å²) in [6.07, 6.45) is 0. The topological polar surface area (TPSA) is 74.6 Å². The lowest BCUT2D eigenvalue weighted by atomic mass is 10.1. The van der Waals surface area contributed by atoms with Crippen molar-refractivity contribution < 1.29 is 19.2 Å². The first kappa shape index (κ1) is 14.3. The Kier molecular flexibility index (Phi) is 4.20. The maximum absolute atomic E-state index is 12.2. The summed E-state index contributed by atoms with van der Waals surface area (Å²) in [7, 11) is -1.32. The van der Waals surface area contributed by atoms with Gasteiger partial charge in [-0.2, -0.15) is 0 Å². The zero-order valence-electron chi connectivity index (χ0n) is 10.9. The Bertz CT molecular complexity index is 662. The van der Waals surface area contributed by atoms with Crippen LogP contribution in [0.4, 0.5) is 0 Å². The van der Waals surface area contributed by atoms with Crippen LogP contribution in [0.5, 0.6) is 5.75 Å². The van der Waals surface area contributed by atoms with Crippen molar-refractivity contribution in [2.45, 2.75) is 17.6 Å². The maximum Gasteiger partial charge on any atom is 0.335 e. The van der Waals surface area contributed by atoms with Crippen LogP contribution in [-0.2, 0) is 16.6 Å². The van der Waals surface area contributed by atoms with Crippen LogP contribution in [0.25, 0.3) is 0 Å². The molecule has 1 atom stereocenters. The van der Waals surface area contributed by atoms with E-state index < -0.39 is 16.8 Å². The Morgan fingerprint density at radius 1 is 1.15 bits per heavy atom. The number of aromatic hydroxyl groups is 1. The van der Waals surface area contributed by atoms with Gasteiger partial charge in [0.25, 0.3) is 0 Å². The molecular weight excluding hydrogens is 276 g/mol. The molecule has 5 heteroatoms. The van der Waals surface area contributed by atoms with Gasteiger partial charge in [0.05, 0.1) is 22.1 Å². The normalized spacial score (nSPS) is 12.1. The van der Waals surface area contributed by atoms with Crippen LogP contribution in [0.1, 0.15) is 21.5 Å². The van der Waals surface area contributed by atoms with E-state index in [1.165, 1.54) is 18.2 Å². The van der Waals surface area contributed by atoms with Crippen LogP contribution in [0, 0.1) is 6.92 Å². The van der Waals surface area contributed by atoms with E-state index in [2.05, 4.69) is 0 Å². The van der Waals surface area contributed by atoms with Crippen molar-refractivity contribution in [3.63, 3.8) is 0 Å². The first-order chi connectivity index (χ1) is 9.47. The van der Waals surface area contributed by atoms with Crippen molar-refractivity contribution in [1.29, 1.82) is 0 Å². The molecule has 0 fully saturated rings. The molecule has 20 heavy (non-hydrogen) atoms. The molecule has 2 aromatic rings. The Morgan fingerprint density at radius 3 is 2.40 bits per heavy atom. The second-order valence-electron chi connectivity index (χ2n) is 4.44. The minimum atomic E-state index is -1.32. The van der Waals surface area contributed by atoms with Gasteiger partial charge in [0.15, 0.2) is 0 Å². The molecular formula is C15H14O4S. The van der Waals surface area contributed by atoms with Crippen molar-refractivity contribution in [2.24, 2.45) is 0 Å². The molecule has 0 aliphatic carbocycles. The second kappa shape index (κ2) is 5.88. The lowest BCUT2D eigenvalue weighted by Crippen LogP contribution is -2.03. The fourth-order valence-electron chi connectivity index (χ4n) is 1.80. The van der Waals surface area contributed by atoms with Crippen LogP contribution < -0.4 is 0 Å². The summed E-state index contributed by atoms with van der Waals surface area (Å²) < 4.78 is 12.2. The molecule has 0 aliphatic rings. The molecule has 2 rings (SSSR count). The van der Waals surface area contributed by atoms with Crippen LogP contribution in [-0.4, -0.2) is 20.4 Å². The summed E-state index contributed by atoms with van der Waals surface area (Å²) in [4.78, 5) is 11.6. The number of hydrogen-bond acceptors (Lipinski definition) is 3. The Hall–Kier alpha value is -2.14. The number of carboxylic acid groups (broad SMARTS) is 1. The highest BCUT2D eigenvalue weighted by Crippen LogP contribution is 2.18. The standard InChI is InChI=1S/C15H14O4S/c1-10-2-7-13(8-14(10)15(17)18)20(19)9-11-3-5-12(16)6-4-11/h2-8,16H,9H2,1H3,(H,17,18). The van der Waals surface area contributed by atoms with Gasteiger partial charge in [-0.1, -0.05) is 18.2 Å². The van der Waals surface area contributed by atoms with Crippen LogP contribution >= 0.6 is 0 Å². The minimum absolute atomic E-state index is 0.156. The number of rotatable bonds is 4. The third-order valence-corrected chi connectivity index (χ3v) is 4.31. The van der Waals surface area contributed by atoms with Gasteiger partial charge in [0.2, 0.25) is 0 Å². The summed E-state index contributed by atoms with van der Waals surface area (Å²) in [5.74, 6) is -0.586. The van der Waals surface area contributed by atoms with Gasteiger partial charge in [0.1, 0.15) is 5.75 Å². The smallest absolute Gasteiger partial charge is 0.335 e. The molecule has 104 valence electrons. The average molecular weight is 290 g/mol. The second-order valence-corrected chi connectivity index (χ2v) is 5.89. The summed E-state index contributed by atoms with van der Waals surface area (Å²) in [5, 5.41) is 18.3. The quantitative estimate of drug-likeness (QED) is 0.908. The molecule has 0 amide bonds. The zero-order chi connectivity index (χ0) is 14.7. The molecule has 0 heterocycles. The van der Waals surface area contributed by atoms with Gasteiger partial charge >= 0.3 is 5.97 Å². The van der Waals surface area contributed by atoms with Crippen molar-refractivity contribution in [1.82, 2.24) is 0 Å². The van der Waals surface area contributed by atoms with E-state index >= 15 is 0 Å². The van der Waals surface area contributed by atoms with Crippen LogP contribution in [0.15, 0.2) is 47.4 Å². The van der Waals surface area contributed by atoms with E-state index in [-0.39, 0.29) is 17.1 Å². The summed E-state index contributed by atoms with van der Waals surface area (Å²) in [5.41, 5.74) is 1.63. The van der Waals surface area contributed by atoms with Gasteiger partial charge in [-0.15, -0.1) is 0 Å². The van der Waals surface area contributed by atoms with Crippen LogP contribution in [0.2, 0.25) is 0 Å². The van der Waals surface area contributed by atoms with Gasteiger partial charge in [-0.3, -0.25) is 4.21 Å².